The van der Waals surface area contributed by atoms with Crippen molar-refractivity contribution in [1.82, 2.24) is 30.0 Å². The van der Waals surface area contributed by atoms with Crippen LogP contribution in [0, 0.1) is 0 Å². The smallest absolute Gasteiger partial charge is 0.167 e. The van der Waals surface area contributed by atoms with Crippen LogP contribution in [0.15, 0.2) is 24.3 Å². The largest absolute Gasteiger partial charge is 0.494 e. The lowest BCUT2D eigenvalue weighted by atomic mass is 10.1. The molecule has 1 aliphatic heterocycles. The Kier molecular flexibility index (Phi) is 5.42. The zero-order chi connectivity index (χ0) is 16.9. The lowest BCUT2D eigenvalue weighted by molar-refractivity contribution is 0.0933. The maximum Gasteiger partial charge on any atom is 0.167 e. The Morgan fingerprint density at radius 3 is 2.42 bits per heavy atom. The van der Waals surface area contributed by atoms with Crippen LogP contribution in [0.5, 0.6) is 5.75 Å². The zero-order valence-electron chi connectivity index (χ0n) is 14.7. The van der Waals surface area contributed by atoms with Crippen LogP contribution in [0.2, 0.25) is 0 Å². The fourth-order valence-electron chi connectivity index (χ4n) is 3.18. The third-order valence-corrected chi connectivity index (χ3v) is 4.62. The topological polar surface area (TPSA) is 59.3 Å². The molecule has 1 fully saturated rings. The molecule has 0 unspecified atom stereocenters. The van der Waals surface area contributed by atoms with E-state index >= 15 is 0 Å². The third kappa shape index (κ3) is 3.91. The Balaban J connectivity index is 1.51. The molecule has 24 heavy (non-hydrogen) atoms. The maximum absolute atomic E-state index is 5.50. The molecule has 130 valence electrons. The van der Waals surface area contributed by atoms with Gasteiger partial charge in [0, 0.05) is 39.8 Å². The minimum Gasteiger partial charge on any atom is -0.494 e. The van der Waals surface area contributed by atoms with Crippen LogP contribution in [0.1, 0.15) is 31.3 Å². The van der Waals surface area contributed by atoms with Crippen molar-refractivity contribution in [3.8, 4) is 5.75 Å². The molecule has 7 nitrogen and oxygen atoms in total. The van der Waals surface area contributed by atoms with Gasteiger partial charge in [-0.15, -0.1) is 5.10 Å². The third-order valence-electron chi connectivity index (χ3n) is 4.62. The van der Waals surface area contributed by atoms with E-state index in [2.05, 4.69) is 56.5 Å². The summed E-state index contributed by atoms with van der Waals surface area (Å²) in [4.78, 5) is 4.94. The molecular formula is C17H26N6O. The molecule has 1 aliphatic rings. The second-order valence-electron chi connectivity index (χ2n) is 6.23. The number of hydrogen-bond acceptors (Lipinski definition) is 6. The lowest BCUT2D eigenvalue weighted by Crippen LogP contribution is -2.47. The van der Waals surface area contributed by atoms with E-state index in [1.807, 2.05) is 14.0 Å². The number of piperazine rings is 1. The highest BCUT2D eigenvalue weighted by Crippen LogP contribution is 2.20. The van der Waals surface area contributed by atoms with Crippen LogP contribution in [0.25, 0.3) is 0 Å². The van der Waals surface area contributed by atoms with Crippen molar-refractivity contribution < 1.29 is 4.74 Å². The number of ether oxygens (including phenoxy) is 1. The predicted octanol–water partition coefficient (Wildman–Crippen LogP) is 1.49. The first-order valence-electron chi connectivity index (χ1n) is 8.57. The van der Waals surface area contributed by atoms with Gasteiger partial charge in [0.05, 0.1) is 12.6 Å². The van der Waals surface area contributed by atoms with Crippen molar-refractivity contribution in [1.29, 1.82) is 0 Å². The number of aryl methyl sites for hydroxylation is 1. The fourth-order valence-corrected chi connectivity index (χ4v) is 3.18. The summed E-state index contributed by atoms with van der Waals surface area (Å²) in [5, 5.41) is 11.8. The molecule has 1 aromatic heterocycles. The second kappa shape index (κ2) is 7.72. The molecule has 1 saturated heterocycles. The number of rotatable bonds is 6. The minimum atomic E-state index is 0.248. The summed E-state index contributed by atoms with van der Waals surface area (Å²) in [7, 11) is 1.90. The summed E-state index contributed by atoms with van der Waals surface area (Å²) in [6, 6.07) is 8.67. The molecule has 3 rings (SSSR count). The van der Waals surface area contributed by atoms with Crippen LogP contribution < -0.4 is 4.74 Å². The number of aromatic nitrogens is 4. The Hall–Kier alpha value is -1.99. The van der Waals surface area contributed by atoms with Gasteiger partial charge < -0.3 is 4.74 Å². The summed E-state index contributed by atoms with van der Waals surface area (Å²) in [6.45, 7) is 10.1. The lowest BCUT2D eigenvalue weighted by Gasteiger charge is -2.37. The molecule has 7 heteroatoms. The van der Waals surface area contributed by atoms with Gasteiger partial charge in [-0.2, -0.15) is 0 Å². The number of hydrogen-bond donors (Lipinski definition) is 0. The molecule has 1 atom stereocenters. The van der Waals surface area contributed by atoms with Gasteiger partial charge in [-0.25, -0.2) is 4.68 Å². The average molecular weight is 330 g/mol. The molecule has 0 spiro atoms. The molecule has 1 aromatic carbocycles. The highest BCUT2D eigenvalue weighted by atomic mass is 16.5. The van der Waals surface area contributed by atoms with Gasteiger partial charge in [0.25, 0.3) is 0 Å². The van der Waals surface area contributed by atoms with E-state index in [0.717, 1.165) is 44.3 Å². The molecule has 0 radical (unpaired) electrons. The average Bonchev–Trinajstić information content (AvgIpc) is 3.03. The quantitative estimate of drug-likeness (QED) is 0.800. The molecule has 0 amide bonds. The molecule has 2 aromatic rings. The fraction of sp³-hybridized carbons (Fsp3) is 0.588. The molecule has 0 saturated carbocycles. The first-order valence-corrected chi connectivity index (χ1v) is 8.57. The Morgan fingerprint density at radius 1 is 1.12 bits per heavy atom. The highest BCUT2D eigenvalue weighted by molar-refractivity contribution is 5.27. The summed E-state index contributed by atoms with van der Waals surface area (Å²) in [5.74, 6) is 1.87. The van der Waals surface area contributed by atoms with Crippen molar-refractivity contribution in [2.75, 3.05) is 32.8 Å². The van der Waals surface area contributed by atoms with Gasteiger partial charge >= 0.3 is 0 Å². The van der Waals surface area contributed by atoms with E-state index in [9.17, 15) is 0 Å². The van der Waals surface area contributed by atoms with E-state index in [1.165, 1.54) is 5.56 Å². The van der Waals surface area contributed by atoms with Crippen LogP contribution in [-0.2, 0) is 13.6 Å². The summed E-state index contributed by atoms with van der Waals surface area (Å²) in [6.07, 6.45) is 0. The van der Waals surface area contributed by atoms with Crippen LogP contribution >= 0.6 is 0 Å². The Labute approximate surface area is 143 Å². The van der Waals surface area contributed by atoms with Crippen molar-refractivity contribution in [3.63, 3.8) is 0 Å². The van der Waals surface area contributed by atoms with Gasteiger partial charge in [0.15, 0.2) is 5.82 Å². The van der Waals surface area contributed by atoms with Crippen LogP contribution in [0.4, 0.5) is 0 Å². The Bertz CT molecular complexity index is 633. The molecule has 0 aliphatic carbocycles. The van der Waals surface area contributed by atoms with Crippen LogP contribution in [0.3, 0.4) is 0 Å². The van der Waals surface area contributed by atoms with Gasteiger partial charge in [0.2, 0.25) is 0 Å². The summed E-state index contributed by atoms with van der Waals surface area (Å²) < 4.78 is 7.26. The van der Waals surface area contributed by atoms with E-state index < -0.39 is 0 Å². The van der Waals surface area contributed by atoms with Crippen molar-refractivity contribution in [2.45, 2.75) is 26.4 Å². The maximum atomic E-state index is 5.50. The Morgan fingerprint density at radius 2 is 1.83 bits per heavy atom. The first kappa shape index (κ1) is 16.9. The highest BCUT2D eigenvalue weighted by Gasteiger charge is 2.25. The first-order chi connectivity index (χ1) is 11.7. The van der Waals surface area contributed by atoms with Crippen molar-refractivity contribution >= 4 is 0 Å². The number of benzene rings is 1. The molecule has 0 bridgehead atoms. The van der Waals surface area contributed by atoms with E-state index in [4.69, 9.17) is 4.74 Å². The van der Waals surface area contributed by atoms with Gasteiger partial charge in [-0.1, -0.05) is 12.1 Å². The van der Waals surface area contributed by atoms with Crippen LogP contribution in [-0.4, -0.2) is 62.8 Å². The molecule has 2 heterocycles. The van der Waals surface area contributed by atoms with E-state index in [-0.39, 0.29) is 6.04 Å². The van der Waals surface area contributed by atoms with Gasteiger partial charge in [-0.05, 0) is 42.0 Å². The number of tetrazole rings is 1. The summed E-state index contributed by atoms with van der Waals surface area (Å²) in [5.41, 5.74) is 1.33. The standard InChI is InChI=1S/C17H26N6O/c1-4-24-16-7-5-15(6-8-16)13-22-9-11-23(12-10-22)14(2)17-18-19-20-21(17)3/h5-8,14H,4,9-13H2,1-3H3/t14-/m1/s1. The van der Waals surface area contributed by atoms with Crippen molar-refractivity contribution in [2.24, 2.45) is 7.05 Å². The van der Waals surface area contributed by atoms with Gasteiger partial charge in [-0.3, -0.25) is 9.80 Å². The van der Waals surface area contributed by atoms with Crippen molar-refractivity contribution in [3.05, 3.63) is 35.7 Å². The van der Waals surface area contributed by atoms with E-state index in [1.54, 1.807) is 4.68 Å². The summed E-state index contributed by atoms with van der Waals surface area (Å²) >= 11 is 0. The monoisotopic (exact) mass is 330 g/mol. The van der Waals surface area contributed by atoms with E-state index in [0.29, 0.717) is 6.61 Å². The van der Waals surface area contributed by atoms with Gasteiger partial charge in [0.1, 0.15) is 5.75 Å². The molecule has 0 N–H and O–H groups in total. The zero-order valence-corrected chi connectivity index (χ0v) is 14.7. The SMILES string of the molecule is CCOc1ccc(CN2CCN([C@H](C)c3nnnn3C)CC2)cc1. The number of nitrogens with zero attached hydrogens (tertiary/aromatic N) is 6. The second-order valence-corrected chi connectivity index (χ2v) is 6.23. The normalized spacial score (nSPS) is 17.8. The molecular weight excluding hydrogens is 304 g/mol. The minimum absolute atomic E-state index is 0.248. The predicted molar refractivity (Wildman–Crippen MR) is 91.7 cm³/mol.